The van der Waals surface area contributed by atoms with E-state index in [9.17, 15) is 4.79 Å². The Bertz CT molecular complexity index is 203. The standard InChI is InChI=1S/C11H22N2OS/c1-9(2)13(3)11(14)8-12-7-10-5-4-6-15-10/h9-10,12H,4-8H2,1-3H3. The maximum Gasteiger partial charge on any atom is 0.236 e. The SMILES string of the molecule is CC(C)N(C)C(=O)CNCC1CCCS1. The van der Waals surface area contributed by atoms with Crippen LogP contribution in [0.4, 0.5) is 0 Å². The zero-order valence-corrected chi connectivity index (χ0v) is 10.8. The summed E-state index contributed by atoms with van der Waals surface area (Å²) in [5.41, 5.74) is 0. The first-order valence-corrected chi connectivity index (χ1v) is 6.74. The number of carbonyl (C=O) groups is 1. The van der Waals surface area contributed by atoms with Gasteiger partial charge < -0.3 is 10.2 Å². The van der Waals surface area contributed by atoms with E-state index in [-0.39, 0.29) is 5.91 Å². The second-order valence-corrected chi connectivity index (χ2v) is 5.77. The summed E-state index contributed by atoms with van der Waals surface area (Å²) < 4.78 is 0. The van der Waals surface area contributed by atoms with Gasteiger partial charge in [0, 0.05) is 24.9 Å². The lowest BCUT2D eigenvalue weighted by Gasteiger charge is -2.22. The lowest BCUT2D eigenvalue weighted by atomic mass is 10.2. The molecule has 0 saturated carbocycles. The predicted octanol–water partition coefficient (Wildman–Crippen LogP) is 1.34. The van der Waals surface area contributed by atoms with E-state index in [1.165, 1.54) is 18.6 Å². The molecule has 0 aliphatic carbocycles. The molecule has 15 heavy (non-hydrogen) atoms. The third-order valence-corrected chi connectivity index (χ3v) is 4.24. The molecule has 1 unspecified atom stereocenters. The molecule has 0 spiro atoms. The zero-order valence-electron chi connectivity index (χ0n) is 9.95. The lowest BCUT2D eigenvalue weighted by Crippen LogP contribution is -2.40. The van der Waals surface area contributed by atoms with Crippen LogP contribution in [-0.4, -0.2) is 48.0 Å². The van der Waals surface area contributed by atoms with Crippen molar-refractivity contribution in [2.75, 3.05) is 25.9 Å². The van der Waals surface area contributed by atoms with Crippen LogP contribution in [-0.2, 0) is 4.79 Å². The van der Waals surface area contributed by atoms with Crippen molar-refractivity contribution >= 4 is 17.7 Å². The van der Waals surface area contributed by atoms with Crippen molar-refractivity contribution in [2.45, 2.75) is 38.0 Å². The Hall–Kier alpha value is -0.220. The molecule has 1 aliphatic rings. The number of hydrogen-bond acceptors (Lipinski definition) is 3. The highest BCUT2D eigenvalue weighted by atomic mass is 32.2. The molecule has 4 heteroatoms. The molecule has 1 heterocycles. The van der Waals surface area contributed by atoms with Crippen molar-refractivity contribution < 1.29 is 4.79 Å². The average molecular weight is 230 g/mol. The van der Waals surface area contributed by atoms with E-state index in [0.29, 0.717) is 12.6 Å². The Labute approximate surface area is 97.0 Å². The topological polar surface area (TPSA) is 32.3 Å². The van der Waals surface area contributed by atoms with Crippen LogP contribution in [0.3, 0.4) is 0 Å². The Morgan fingerprint density at radius 3 is 2.87 bits per heavy atom. The second-order valence-electron chi connectivity index (χ2n) is 4.36. The van der Waals surface area contributed by atoms with E-state index in [0.717, 1.165) is 11.8 Å². The number of thioether (sulfide) groups is 1. The Balaban J connectivity index is 2.11. The number of nitrogens with zero attached hydrogens (tertiary/aromatic N) is 1. The van der Waals surface area contributed by atoms with Crippen molar-refractivity contribution in [3.8, 4) is 0 Å². The van der Waals surface area contributed by atoms with Crippen LogP contribution in [0.2, 0.25) is 0 Å². The number of hydrogen-bond donors (Lipinski definition) is 1. The third-order valence-electron chi connectivity index (χ3n) is 2.84. The molecule has 1 N–H and O–H groups in total. The van der Waals surface area contributed by atoms with Crippen LogP contribution < -0.4 is 5.32 Å². The van der Waals surface area contributed by atoms with E-state index >= 15 is 0 Å². The number of nitrogens with one attached hydrogen (secondary N) is 1. The normalized spacial score (nSPS) is 20.9. The summed E-state index contributed by atoms with van der Waals surface area (Å²) in [4.78, 5) is 13.4. The van der Waals surface area contributed by atoms with Gasteiger partial charge in [0.1, 0.15) is 0 Å². The van der Waals surface area contributed by atoms with Crippen molar-refractivity contribution in [3.63, 3.8) is 0 Å². The molecule has 0 aromatic heterocycles. The monoisotopic (exact) mass is 230 g/mol. The van der Waals surface area contributed by atoms with E-state index in [1.54, 1.807) is 4.90 Å². The fourth-order valence-electron chi connectivity index (χ4n) is 1.56. The number of rotatable bonds is 5. The van der Waals surface area contributed by atoms with E-state index in [1.807, 2.05) is 32.7 Å². The van der Waals surface area contributed by atoms with Gasteiger partial charge in [0.2, 0.25) is 5.91 Å². The van der Waals surface area contributed by atoms with Gasteiger partial charge in [-0.15, -0.1) is 0 Å². The van der Waals surface area contributed by atoms with Crippen LogP contribution in [0, 0.1) is 0 Å². The Morgan fingerprint density at radius 1 is 1.60 bits per heavy atom. The van der Waals surface area contributed by atoms with Gasteiger partial charge in [0.05, 0.1) is 6.54 Å². The highest BCUT2D eigenvalue weighted by molar-refractivity contribution is 8.00. The van der Waals surface area contributed by atoms with Crippen LogP contribution in [0.5, 0.6) is 0 Å². The van der Waals surface area contributed by atoms with Crippen LogP contribution in [0.1, 0.15) is 26.7 Å². The highest BCUT2D eigenvalue weighted by Gasteiger charge is 2.16. The Kier molecular flexibility index (Phi) is 5.47. The molecule has 0 aromatic rings. The molecule has 1 fully saturated rings. The molecule has 0 aromatic carbocycles. The predicted molar refractivity (Wildman–Crippen MR) is 66.3 cm³/mol. The van der Waals surface area contributed by atoms with Crippen LogP contribution in [0.15, 0.2) is 0 Å². The molecule has 1 rings (SSSR count). The van der Waals surface area contributed by atoms with Gasteiger partial charge in [0.25, 0.3) is 0 Å². The zero-order chi connectivity index (χ0) is 11.3. The first kappa shape index (κ1) is 12.8. The fourth-order valence-corrected chi connectivity index (χ4v) is 2.79. The van der Waals surface area contributed by atoms with Gasteiger partial charge >= 0.3 is 0 Å². The number of amides is 1. The summed E-state index contributed by atoms with van der Waals surface area (Å²) in [5, 5.41) is 3.98. The minimum absolute atomic E-state index is 0.188. The highest BCUT2D eigenvalue weighted by Crippen LogP contribution is 2.25. The summed E-state index contributed by atoms with van der Waals surface area (Å²) in [6, 6.07) is 0.292. The molecule has 1 aliphatic heterocycles. The molecule has 0 bridgehead atoms. The molecular formula is C11H22N2OS. The molecule has 3 nitrogen and oxygen atoms in total. The van der Waals surface area contributed by atoms with Gasteiger partial charge in [-0.1, -0.05) is 0 Å². The summed E-state index contributed by atoms with van der Waals surface area (Å²) in [5.74, 6) is 1.47. The number of likely N-dealkylation sites (N-methyl/N-ethyl adjacent to an activating group) is 1. The maximum absolute atomic E-state index is 11.6. The van der Waals surface area contributed by atoms with Gasteiger partial charge in [-0.2, -0.15) is 11.8 Å². The van der Waals surface area contributed by atoms with Crippen molar-refractivity contribution in [2.24, 2.45) is 0 Å². The Morgan fingerprint density at radius 2 is 2.33 bits per heavy atom. The fraction of sp³-hybridized carbons (Fsp3) is 0.909. The van der Waals surface area contributed by atoms with Crippen LogP contribution >= 0.6 is 11.8 Å². The summed E-state index contributed by atoms with van der Waals surface area (Å²) in [7, 11) is 1.86. The molecule has 0 radical (unpaired) electrons. The first-order chi connectivity index (χ1) is 7.11. The molecule has 1 atom stereocenters. The first-order valence-electron chi connectivity index (χ1n) is 5.69. The van der Waals surface area contributed by atoms with Gasteiger partial charge in [0.15, 0.2) is 0 Å². The minimum atomic E-state index is 0.188. The summed E-state index contributed by atoms with van der Waals surface area (Å²) in [6.07, 6.45) is 2.63. The van der Waals surface area contributed by atoms with Crippen molar-refractivity contribution in [1.29, 1.82) is 0 Å². The van der Waals surface area contributed by atoms with Crippen molar-refractivity contribution in [1.82, 2.24) is 10.2 Å². The quantitative estimate of drug-likeness (QED) is 0.773. The van der Waals surface area contributed by atoms with E-state index < -0.39 is 0 Å². The lowest BCUT2D eigenvalue weighted by molar-refractivity contribution is -0.130. The second kappa shape index (κ2) is 6.38. The van der Waals surface area contributed by atoms with Crippen LogP contribution in [0.25, 0.3) is 0 Å². The largest absolute Gasteiger partial charge is 0.342 e. The molecular weight excluding hydrogens is 208 g/mol. The van der Waals surface area contributed by atoms with E-state index in [2.05, 4.69) is 5.32 Å². The van der Waals surface area contributed by atoms with E-state index in [4.69, 9.17) is 0 Å². The molecule has 1 saturated heterocycles. The third kappa shape index (κ3) is 4.43. The summed E-state index contributed by atoms with van der Waals surface area (Å²) >= 11 is 2.02. The number of carbonyl (C=O) groups excluding carboxylic acids is 1. The smallest absolute Gasteiger partial charge is 0.236 e. The van der Waals surface area contributed by atoms with Gasteiger partial charge in [-0.05, 0) is 32.4 Å². The van der Waals surface area contributed by atoms with Crippen molar-refractivity contribution in [3.05, 3.63) is 0 Å². The maximum atomic E-state index is 11.6. The summed E-state index contributed by atoms with van der Waals surface area (Å²) in [6.45, 7) is 5.52. The van der Waals surface area contributed by atoms with Gasteiger partial charge in [-0.3, -0.25) is 4.79 Å². The molecule has 88 valence electrons. The average Bonchev–Trinajstić information content (AvgIpc) is 2.69. The molecule has 1 amide bonds. The minimum Gasteiger partial charge on any atom is -0.342 e. The van der Waals surface area contributed by atoms with Gasteiger partial charge in [-0.25, -0.2) is 0 Å².